The van der Waals surface area contributed by atoms with Crippen LogP contribution in [0.25, 0.3) is 32.8 Å². The van der Waals surface area contributed by atoms with Gasteiger partial charge in [-0.2, -0.15) is 20.5 Å². The van der Waals surface area contributed by atoms with Gasteiger partial charge in [-0.1, -0.05) is 66.7 Å². The summed E-state index contributed by atoms with van der Waals surface area (Å²) in [7, 11) is 2.05. The number of aromatic nitrogens is 2. The third kappa shape index (κ3) is 6.48. The van der Waals surface area contributed by atoms with E-state index in [1.165, 1.54) is 0 Å². The molecule has 4 aromatic carbocycles. The number of halogens is 1. The second-order valence-electron chi connectivity index (χ2n) is 12.8. The first kappa shape index (κ1) is 32.8. The van der Waals surface area contributed by atoms with Crippen LogP contribution < -0.4 is 9.64 Å². The van der Waals surface area contributed by atoms with Gasteiger partial charge in [-0.25, -0.2) is 9.18 Å². The van der Waals surface area contributed by atoms with Crippen LogP contribution in [-0.2, 0) is 11.3 Å². The number of rotatable bonds is 8. The van der Waals surface area contributed by atoms with E-state index in [-0.39, 0.29) is 43.7 Å². The van der Waals surface area contributed by atoms with Crippen LogP contribution in [0.4, 0.5) is 15.0 Å². The molecular formula is C39H36FN7O3. The standard InChI is InChI=1S/C39H36FN7O3/c1-45-19-7-13-30(45)25-49-38-43-36-33(16-15-32(35(36)40)31-14-6-11-27-10-5-12-28(22-42)34(27)31)37(44-38)46-20-21-47(29(23-46)17-18-41)39(48)50-24-26-8-3-2-4-9-26/h2-6,8-12,14-16,29-30H,7,13,17,19-21,23-25H2,1H3/t29-,30-/m0/s1. The van der Waals surface area contributed by atoms with Gasteiger partial charge in [-0.3, -0.25) is 0 Å². The Bertz CT molecular complexity index is 2130. The molecule has 3 heterocycles. The first-order valence-electron chi connectivity index (χ1n) is 16.8. The minimum absolute atomic E-state index is 0.0565. The molecule has 1 aromatic heterocycles. The Morgan fingerprint density at radius 3 is 2.52 bits per heavy atom. The fraction of sp³-hybridized carbons (Fsp3) is 0.308. The van der Waals surface area contributed by atoms with Gasteiger partial charge >= 0.3 is 12.1 Å². The quantitative estimate of drug-likeness (QED) is 0.178. The Balaban J connectivity index is 1.25. The maximum Gasteiger partial charge on any atom is 0.410 e. The monoisotopic (exact) mass is 669 g/mol. The molecule has 0 unspecified atom stereocenters. The second-order valence-corrected chi connectivity index (χ2v) is 12.8. The number of amides is 1. The van der Waals surface area contributed by atoms with Gasteiger partial charge < -0.3 is 24.2 Å². The average molecular weight is 670 g/mol. The number of nitriles is 2. The van der Waals surface area contributed by atoms with Crippen LogP contribution in [0, 0.1) is 28.5 Å². The molecule has 252 valence electrons. The summed E-state index contributed by atoms with van der Waals surface area (Å²) in [5, 5.41) is 21.6. The fourth-order valence-electron chi connectivity index (χ4n) is 7.03. The second kappa shape index (κ2) is 14.4. The minimum Gasteiger partial charge on any atom is -0.462 e. The van der Waals surface area contributed by atoms with E-state index >= 15 is 4.39 Å². The van der Waals surface area contributed by atoms with Crippen molar-refractivity contribution in [3.63, 3.8) is 0 Å². The van der Waals surface area contributed by atoms with E-state index in [1.54, 1.807) is 23.1 Å². The summed E-state index contributed by atoms with van der Waals surface area (Å²) in [5.41, 5.74) is 2.31. The van der Waals surface area contributed by atoms with Crippen LogP contribution in [0.1, 0.15) is 30.4 Å². The molecule has 1 amide bonds. The number of hydrogen-bond acceptors (Lipinski definition) is 9. The predicted octanol–water partition coefficient (Wildman–Crippen LogP) is 6.67. The van der Waals surface area contributed by atoms with Crippen molar-refractivity contribution in [1.82, 2.24) is 19.8 Å². The lowest BCUT2D eigenvalue weighted by Crippen LogP contribution is -2.55. The number of ether oxygens (including phenoxy) is 2. The first-order chi connectivity index (χ1) is 24.4. The van der Waals surface area contributed by atoms with Crippen LogP contribution in [0.15, 0.2) is 78.9 Å². The Morgan fingerprint density at radius 1 is 0.940 bits per heavy atom. The molecule has 5 aromatic rings. The Labute approximate surface area is 289 Å². The number of piperazine rings is 1. The molecule has 0 bridgehead atoms. The zero-order valence-electron chi connectivity index (χ0n) is 27.8. The third-order valence-corrected chi connectivity index (χ3v) is 9.71. The van der Waals surface area contributed by atoms with E-state index in [2.05, 4.69) is 29.1 Å². The normalized spacial score (nSPS) is 17.8. The Kier molecular flexibility index (Phi) is 9.41. The molecule has 50 heavy (non-hydrogen) atoms. The molecule has 2 atom stereocenters. The van der Waals surface area contributed by atoms with E-state index in [9.17, 15) is 15.3 Å². The molecule has 0 saturated carbocycles. The maximum absolute atomic E-state index is 16.9. The van der Waals surface area contributed by atoms with Gasteiger partial charge in [0.25, 0.3) is 0 Å². The highest BCUT2D eigenvalue weighted by molar-refractivity contribution is 6.03. The highest BCUT2D eigenvalue weighted by Gasteiger charge is 2.34. The number of carbonyl (C=O) groups is 1. The van der Waals surface area contributed by atoms with Gasteiger partial charge in [0.2, 0.25) is 0 Å². The molecular weight excluding hydrogens is 633 g/mol. The van der Waals surface area contributed by atoms with E-state index in [1.807, 2.05) is 65.6 Å². The van der Waals surface area contributed by atoms with Crippen LogP contribution in [0.5, 0.6) is 6.01 Å². The van der Waals surface area contributed by atoms with Gasteiger partial charge in [0.1, 0.15) is 24.5 Å². The lowest BCUT2D eigenvalue weighted by Gasteiger charge is -2.40. The zero-order valence-corrected chi connectivity index (χ0v) is 27.8. The number of benzene rings is 4. The minimum atomic E-state index is -0.550. The topological polar surface area (TPSA) is 119 Å². The van der Waals surface area contributed by atoms with Gasteiger partial charge in [0, 0.05) is 42.0 Å². The summed E-state index contributed by atoms with van der Waals surface area (Å²) < 4.78 is 28.7. The molecule has 0 radical (unpaired) electrons. The lowest BCUT2D eigenvalue weighted by molar-refractivity contribution is 0.0768. The zero-order chi connectivity index (χ0) is 34.6. The predicted molar refractivity (Wildman–Crippen MR) is 188 cm³/mol. The highest BCUT2D eigenvalue weighted by atomic mass is 19.1. The van der Waals surface area contributed by atoms with Gasteiger partial charge in [-0.05, 0) is 55.1 Å². The summed E-state index contributed by atoms with van der Waals surface area (Å²) in [6, 6.07) is 28.2. The molecule has 10 nitrogen and oxygen atoms in total. The number of likely N-dealkylation sites (N-methyl/N-ethyl adjacent to an activating group) is 1. The van der Waals surface area contributed by atoms with Gasteiger partial charge in [0.15, 0.2) is 5.82 Å². The Morgan fingerprint density at radius 2 is 1.76 bits per heavy atom. The van der Waals surface area contributed by atoms with Crippen molar-refractivity contribution in [2.75, 3.05) is 44.7 Å². The van der Waals surface area contributed by atoms with Crippen LogP contribution >= 0.6 is 0 Å². The number of nitrogens with zero attached hydrogens (tertiary/aromatic N) is 7. The Hall–Kier alpha value is -5.78. The smallest absolute Gasteiger partial charge is 0.410 e. The van der Waals surface area contributed by atoms with Crippen molar-refractivity contribution < 1.29 is 18.7 Å². The van der Waals surface area contributed by atoms with Crippen molar-refractivity contribution in [2.45, 2.75) is 38.0 Å². The summed E-state index contributed by atoms with van der Waals surface area (Å²) >= 11 is 0. The molecule has 2 aliphatic heterocycles. The van der Waals surface area contributed by atoms with Crippen LogP contribution in [0.3, 0.4) is 0 Å². The number of hydrogen-bond donors (Lipinski definition) is 0. The van der Waals surface area contributed by atoms with E-state index in [0.29, 0.717) is 46.4 Å². The van der Waals surface area contributed by atoms with E-state index < -0.39 is 18.0 Å². The van der Waals surface area contributed by atoms with Crippen molar-refractivity contribution in [3.8, 4) is 29.3 Å². The molecule has 2 fully saturated rings. The third-order valence-electron chi connectivity index (χ3n) is 9.71. The molecule has 0 N–H and O–H groups in total. The molecule has 2 saturated heterocycles. The number of anilines is 1. The highest BCUT2D eigenvalue weighted by Crippen LogP contribution is 2.38. The first-order valence-corrected chi connectivity index (χ1v) is 16.8. The number of carbonyl (C=O) groups excluding carboxylic acids is 1. The molecule has 0 aliphatic carbocycles. The number of likely N-dealkylation sites (tertiary alicyclic amines) is 1. The van der Waals surface area contributed by atoms with E-state index in [4.69, 9.17) is 14.5 Å². The summed E-state index contributed by atoms with van der Waals surface area (Å²) in [6.45, 7) is 2.39. The molecule has 2 aliphatic rings. The van der Waals surface area contributed by atoms with Gasteiger partial charge in [-0.15, -0.1) is 0 Å². The van der Waals surface area contributed by atoms with Crippen molar-refractivity contribution in [2.24, 2.45) is 0 Å². The average Bonchev–Trinajstić information content (AvgIpc) is 3.57. The summed E-state index contributed by atoms with van der Waals surface area (Å²) in [4.78, 5) is 28.4. The molecule has 0 spiro atoms. The van der Waals surface area contributed by atoms with Gasteiger partial charge in [0.05, 0.1) is 30.2 Å². The number of fused-ring (bicyclic) bond motifs is 2. The van der Waals surface area contributed by atoms with E-state index in [0.717, 1.165) is 30.3 Å². The summed E-state index contributed by atoms with van der Waals surface area (Å²) in [5.74, 6) is -0.0861. The van der Waals surface area contributed by atoms with Crippen LogP contribution in [0.2, 0.25) is 0 Å². The largest absolute Gasteiger partial charge is 0.462 e. The molecule has 7 rings (SSSR count). The van der Waals surface area contributed by atoms with Crippen molar-refractivity contribution in [3.05, 3.63) is 95.8 Å². The van der Waals surface area contributed by atoms with Crippen LogP contribution in [-0.4, -0.2) is 77.8 Å². The maximum atomic E-state index is 16.9. The SMILES string of the molecule is CN1CCC[C@H]1COc1nc(N2CCN(C(=O)OCc3ccccc3)[C@@H](CC#N)C2)c2ccc(-c3cccc4cccc(C#N)c34)c(F)c2n1. The molecule has 11 heteroatoms. The lowest BCUT2D eigenvalue weighted by atomic mass is 9.94. The fourth-order valence-corrected chi connectivity index (χ4v) is 7.03. The van der Waals surface area contributed by atoms with Crippen molar-refractivity contribution >= 4 is 33.6 Å². The summed E-state index contributed by atoms with van der Waals surface area (Å²) in [6.07, 6.45) is 1.64. The van der Waals surface area contributed by atoms with Crippen molar-refractivity contribution in [1.29, 1.82) is 10.5 Å².